The Bertz CT molecular complexity index is 321. The first-order chi connectivity index (χ1) is 7.83. The molecule has 0 bridgehead atoms. The van der Waals surface area contributed by atoms with Crippen molar-refractivity contribution in [2.75, 3.05) is 13.2 Å². The standard InChI is InChI=1S/C11H19N3O2/c1-2-5-14-10(7-12-13-14)11(15)9-4-3-6-16-8-9/h7,9,11,15H,2-6,8H2,1H3. The van der Waals surface area contributed by atoms with Crippen LogP contribution in [-0.4, -0.2) is 33.3 Å². The predicted molar refractivity (Wildman–Crippen MR) is 58.8 cm³/mol. The second kappa shape index (κ2) is 5.41. The Morgan fingerprint density at radius 1 is 1.69 bits per heavy atom. The van der Waals surface area contributed by atoms with Crippen molar-refractivity contribution < 1.29 is 9.84 Å². The number of aliphatic hydroxyl groups excluding tert-OH is 1. The van der Waals surface area contributed by atoms with Crippen molar-refractivity contribution in [3.8, 4) is 0 Å². The highest BCUT2D eigenvalue weighted by molar-refractivity contribution is 5.01. The van der Waals surface area contributed by atoms with Gasteiger partial charge in [0, 0.05) is 19.1 Å². The van der Waals surface area contributed by atoms with E-state index in [0.29, 0.717) is 6.61 Å². The normalized spacial score (nSPS) is 23.2. The first-order valence-electron chi connectivity index (χ1n) is 5.97. The lowest BCUT2D eigenvalue weighted by Crippen LogP contribution is -2.25. The molecule has 0 radical (unpaired) electrons. The average Bonchev–Trinajstić information content (AvgIpc) is 2.78. The van der Waals surface area contributed by atoms with E-state index in [1.807, 2.05) is 0 Å². The summed E-state index contributed by atoms with van der Waals surface area (Å²) in [4.78, 5) is 0. The Morgan fingerprint density at radius 3 is 3.25 bits per heavy atom. The van der Waals surface area contributed by atoms with E-state index in [-0.39, 0.29) is 5.92 Å². The van der Waals surface area contributed by atoms with E-state index in [4.69, 9.17) is 4.74 Å². The predicted octanol–water partition coefficient (Wildman–Crippen LogP) is 1.15. The molecule has 1 N–H and O–H groups in total. The lowest BCUT2D eigenvalue weighted by atomic mass is 9.94. The van der Waals surface area contributed by atoms with Crippen LogP contribution < -0.4 is 0 Å². The highest BCUT2D eigenvalue weighted by Gasteiger charge is 2.26. The minimum absolute atomic E-state index is 0.183. The molecule has 1 aliphatic rings. The van der Waals surface area contributed by atoms with Crippen LogP contribution in [0.5, 0.6) is 0 Å². The van der Waals surface area contributed by atoms with Crippen molar-refractivity contribution in [3.63, 3.8) is 0 Å². The molecule has 0 spiro atoms. The molecular formula is C11H19N3O2. The first-order valence-corrected chi connectivity index (χ1v) is 5.97. The topological polar surface area (TPSA) is 60.2 Å². The van der Waals surface area contributed by atoms with Crippen LogP contribution in [0.1, 0.15) is 38.0 Å². The smallest absolute Gasteiger partial charge is 0.102 e. The van der Waals surface area contributed by atoms with Crippen LogP contribution in [0.4, 0.5) is 0 Å². The lowest BCUT2D eigenvalue weighted by Gasteiger charge is -2.26. The SMILES string of the molecule is CCCn1nncc1C(O)C1CCCOC1. The molecule has 2 rings (SSSR count). The number of aryl methyl sites for hydroxylation is 1. The van der Waals surface area contributed by atoms with E-state index in [2.05, 4.69) is 17.2 Å². The van der Waals surface area contributed by atoms with Gasteiger partial charge in [0.25, 0.3) is 0 Å². The van der Waals surface area contributed by atoms with Gasteiger partial charge in [-0.3, -0.25) is 0 Å². The summed E-state index contributed by atoms with van der Waals surface area (Å²) in [5.74, 6) is 0.183. The minimum Gasteiger partial charge on any atom is -0.386 e. The Morgan fingerprint density at radius 2 is 2.56 bits per heavy atom. The molecule has 0 aromatic carbocycles. The van der Waals surface area contributed by atoms with Crippen LogP contribution in [0.2, 0.25) is 0 Å². The summed E-state index contributed by atoms with van der Waals surface area (Å²) < 4.78 is 7.18. The van der Waals surface area contributed by atoms with Crippen LogP contribution in [0.15, 0.2) is 6.20 Å². The van der Waals surface area contributed by atoms with Crippen LogP contribution in [-0.2, 0) is 11.3 Å². The van der Waals surface area contributed by atoms with E-state index in [0.717, 1.165) is 38.1 Å². The number of hydrogen-bond donors (Lipinski definition) is 1. The van der Waals surface area contributed by atoms with Gasteiger partial charge >= 0.3 is 0 Å². The largest absolute Gasteiger partial charge is 0.386 e. The maximum absolute atomic E-state index is 10.3. The quantitative estimate of drug-likeness (QED) is 0.835. The Kier molecular flexibility index (Phi) is 3.90. The van der Waals surface area contributed by atoms with Gasteiger partial charge in [0.1, 0.15) is 6.10 Å². The molecule has 2 heterocycles. The summed E-state index contributed by atoms with van der Waals surface area (Å²) in [6.07, 6.45) is 4.19. The molecule has 90 valence electrons. The molecule has 5 heteroatoms. The van der Waals surface area contributed by atoms with Crippen molar-refractivity contribution >= 4 is 0 Å². The van der Waals surface area contributed by atoms with Gasteiger partial charge in [-0.2, -0.15) is 0 Å². The van der Waals surface area contributed by atoms with Crippen LogP contribution in [0, 0.1) is 5.92 Å². The number of ether oxygens (including phenoxy) is 1. The van der Waals surface area contributed by atoms with Crippen molar-refractivity contribution in [1.29, 1.82) is 0 Å². The molecule has 5 nitrogen and oxygen atoms in total. The summed E-state index contributed by atoms with van der Waals surface area (Å²) >= 11 is 0. The maximum atomic E-state index is 10.3. The third kappa shape index (κ3) is 2.41. The van der Waals surface area contributed by atoms with Crippen LogP contribution in [0.25, 0.3) is 0 Å². The summed E-state index contributed by atoms with van der Waals surface area (Å²) in [5.41, 5.74) is 0.817. The molecule has 1 aromatic rings. The Labute approximate surface area is 95.4 Å². The molecule has 1 saturated heterocycles. The Balaban J connectivity index is 2.06. The van der Waals surface area contributed by atoms with Crippen LogP contribution >= 0.6 is 0 Å². The molecule has 1 aliphatic heterocycles. The number of aromatic nitrogens is 3. The van der Waals surface area contributed by atoms with Gasteiger partial charge in [0.2, 0.25) is 0 Å². The summed E-state index contributed by atoms with van der Waals surface area (Å²) in [5, 5.41) is 18.1. The number of nitrogens with zero attached hydrogens (tertiary/aromatic N) is 3. The molecule has 1 aromatic heterocycles. The second-order valence-corrected chi connectivity index (χ2v) is 4.30. The zero-order chi connectivity index (χ0) is 11.4. The van der Waals surface area contributed by atoms with Crippen molar-refractivity contribution in [2.24, 2.45) is 5.92 Å². The second-order valence-electron chi connectivity index (χ2n) is 4.30. The molecule has 0 amide bonds. The van der Waals surface area contributed by atoms with Crippen molar-refractivity contribution in [1.82, 2.24) is 15.0 Å². The molecule has 16 heavy (non-hydrogen) atoms. The van der Waals surface area contributed by atoms with E-state index in [1.54, 1.807) is 10.9 Å². The third-order valence-corrected chi connectivity index (χ3v) is 3.03. The molecule has 1 fully saturated rings. The van der Waals surface area contributed by atoms with E-state index in [1.165, 1.54) is 0 Å². The number of hydrogen-bond acceptors (Lipinski definition) is 4. The average molecular weight is 225 g/mol. The molecule has 0 aliphatic carbocycles. The summed E-state index contributed by atoms with van der Waals surface area (Å²) in [7, 11) is 0. The molecule has 2 atom stereocenters. The third-order valence-electron chi connectivity index (χ3n) is 3.03. The first kappa shape index (κ1) is 11.5. The fraction of sp³-hybridized carbons (Fsp3) is 0.818. The highest BCUT2D eigenvalue weighted by atomic mass is 16.5. The van der Waals surface area contributed by atoms with E-state index >= 15 is 0 Å². The van der Waals surface area contributed by atoms with E-state index in [9.17, 15) is 5.11 Å². The van der Waals surface area contributed by atoms with Gasteiger partial charge in [0.05, 0.1) is 18.5 Å². The van der Waals surface area contributed by atoms with E-state index < -0.39 is 6.10 Å². The monoisotopic (exact) mass is 225 g/mol. The number of aliphatic hydroxyl groups is 1. The molecular weight excluding hydrogens is 206 g/mol. The molecule has 0 saturated carbocycles. The fourth-order valence-electron chi connectivity index (χ4n) is 2.14. The highest BCUT2D eigenvalue weighted by Crippen LogP contribution is 2.28. The Hall–Kier alpha value is -0.940. The van der Waals surface area contributed by atoms with Gasteiger partial charge in [-0.05, 0) is 19.3 Å². The van der Waals surface area contributed by atoms with Gasteiger partial charge in [-0.15, -0.1) is 5.10 Å². The number of rotatable bonds is 4. The zero-order valence-corrected chi connectivity index (χ0v) is 9.67. The van der Waals surface area contributed by atoms with Crippen LogP contribution in [0.3, 0.4) is 0 Å². The van der Waals surface area contributed by atoms with Gasteiger partial charge in [-0.25, -0.2) is 4.68 Å². The van der Waals surface area contributed by atoms with Crippen molar-refractivity contribution in [3.05, 3.63) is 11.9 Å². The van der Waals surface area contributed by atoms with Gasteiger partial charge in [0.15, 0.2) is 0 Å². The summed E-state index contributed by atoms with van der Waals surface area (Å²) in [6.45, 7) is 4.34. The van der Waals surface area contributed by atoms with Gasteiger partial charge in [-0.1, -0.05) is 12.1 Å². The molecule has 2 unspecified atom stereocenters. The lowest BCUT2D eigenvalue weighted by molar-refractivity contribution is -0.0132. The zero-order valence-electron chi connectivity index (χ0n) is 9.67. The summed E-state index contributed by atoms with van der Waals surface area (Å²) in [6, 6.07) is 0. The fourth-order valence-corrected chi connectivity index (χ4v) is 2.14. The van der Waals surface area contributed by atoms with Gasteiger partial charge < -0.3 is 9.84 Å². The maximum Gasteiger partial charge on any atom is 0.102 e. The van der Waals surface area contributed by atoms with Crippen molar-refractivity contribution in [2.45, 2.75) is 38.8 Å². The minimum atomic E-state index is -0.498.